The van der Waals surface area contributed by atoms with Gasteiger partial charge in [-0.1, -0.05) is 6.92 Å². The van der Waals surface area contributed by atoms with E-state index in [1.807, 2.05) is 0 Å². The number of methoxy groups -OCH3 is 1. The summed E-state index contributed by atoms with van der Waals surface area (Å²) >= 11 is 0. The number of fused-ring (bicyclic) bond motifs is 1. The van der Waals surface area contributed by atoms with Gasteiger partial charge in [0.25, 0.3) is 11.4 Å². The van der Waals surface area contributed by atoms with Crippen LogP contribution in [0, 0.1) is 17.5 Å². The Bertz CT molecular complexity index is 1320. The Morgan fingerprint density at radius 2 is 1.87 bits per heavy atom. The van der Waals surface area contributed by atoms with Gasteiger partial charge in [0.2, 0.25) is 5.82 Å². The van der Waals surface area contributed by atoms with E-state index in [0.29, 0.717) is 12.1 Å². The third-order valence-corrected chi connectivity index (χ3v) is 4.55. The standard InChI is InChI=1S/C19H15F3N6O2/c1-3-9-4-12(21)10(5-11(9)20)6-13-17-23-8-24-28(17)7-14(25-13)16-26-18(29)15(22)19(27-16)30-2/h4-5,7-8H,3,6H2,1-2H3,(H,26,27,29). The number of aryl methyl sites for hydroxylation is 1. The summed E-state index contributed by atoms with van der Waals surface area (Å²) in [5.41, 5.74) is 0.00260. The molecule has 4 aromatic rings. The monoisotopic (exact) mass is 416 g/mol. The lowest BCUT2D eigenvalue weighted by Gasteiger charge is -2.09. The van der Waals surface area contributed by atoms with Crippen molar-refractivity contribution in [3.8, 4) is 17.4 Å². The number of benzene rings is 1. The SMILES string of the molecule is CCc1cc(F)c(Cc2nc(-c3nc(OC)c(F)c(=O)[nH]3)cn3ncnc23)cc1F. The van der Waals surface area contributed by atoms with E-state index in [4.69, 9.17) is 4.74 Å². The van der Waals surface area contributed by atoms with E-state index in [2.05, 4.69) is 25.0 Å². The van der Waals surface area contributed by atoms with E-state index in [9.17, 15) is 18.0 Å². The average Bonchev–Trinajstić information content (AvgIpc) is 3.21. The van der Waals surface area contributed by atoms with Gasteiger partial charge in [0, 0.05) is 6.42 Å². The summed E-state index contributed by atoms with van der Waals surface area (Å²) in [4.78, 5) is 26.5. The van der Waals surface area contributed by atoms with Crippen molar-refractivity contribution in [1.29, 1.82) is 0 Å². The van der Waals surface area contributed by atoms with Gasteiger partial charge >= 0.3 is 0 Å². The van der Waals surface area contributed by atoms with Crippen LogP contribution in [0.5, 0.6) is 5.88 Å². The maximum Gasteiger partial charge on any atom is 0.291 e. The molecule has 0 fully saturated rings. The number of hydrogen-bond acceptors (Lipinski definition) is 6. The zero-order valence-corrected chi connectivity index (χ0v) is 15.9. The fourth-order valence-corrected chi connectivity index (χ4v) is 3.03. The van der Waals surface area contributed by atoms with Gasteiger partial charge in [-0.05, 0) is 29.7 Å². The van der Waals surface area contributed by atoms with Crippen LogP contribution < -0.4 is 10.3 Å². The molecule has 0 bridgehead atoms. The number of aromatic nitrogens is 6. The summed E-state index contributed by atoms with van der Waals surface area (Å²) < 4.78 is 48.6. The van der Waals surface area contributed by atoms with E-state index in [1.54, 1.807) is 6.92 Å². The molecule has 0 unspecified atom stereocenters. The second-order valence-corrected chi connectivity index (χ2v) is 6.40. The van der Waals surface area contributed by atoms with Crippen molar-refractivity contribution < 1.29 is 17.9 Å². The van der Waals surface area contributed by atoms with E-state index in [-0.39, 0.29) is 34.8 Å². The molecule has 0 radical (unpaired) electrons. The second kappa shape index (κ2) is 7.58. The van der Waals surface area contributed by atoms with Crippen LogP contribution >= 0.6 is 0 Å². The lowest BCUT2D eigenvalue weighted by atomic mass is 10.0. The number of ether oxygens (including phenoxy) is 1. The zero-order chi connectivity index (χ0) is 21.4. The minimum Gasteiger partial charge on any atom is -0.479 e. The van der Waals surface area contributed by atoms with Crippen LogP contribution in [0.1, 0.15) is 23.7 Å². The lowest BCUT2D eigenvalue weighted by Crippen LogP contribution is -2.16. The van der Waals surface area contributed by atoms with Crippen LogP contribution in [0.3, 0.4) is 0 Å². The molecule has 0 saturated heterocycles. The van der Waals surface area contributed by atoms with Gasteiger partial charge in [-0.3, -0.25) is 4.79 Å². The number of halogens is 3. The number of nitrogens with one attached hydrogen (secondary N) is 1. The van der Waals surface area contributed by atoms with Crippen molar-refractivity contribution in [2.45, 2.75) is 19.8 Å². The van der Waals surface area contributed by atoms with Crippen LogP contribution in [0.15, 0.2) is 29.5 Å². The molecule has 1 N–H and O–H groups in total. The molecule has 11 heteroatoms. The predicted molar refractivity (Wildman–Crippen MR) is 99.7 cm³/mol. The number of rotatable bonds is 5. The van der Waals surface area contributed by atoms with E-state index in [0.717, 1.165) is 12.1 Å². The van der Waals surface area contributed by atoms with Crippen LogP contribution in [-0.2, 0) is 12.8 Å². The highest BCUT2D eigenvalue weighted by molar-refractivity contribution is 5.55. The Labute approximate surface area is 167 Å². The molecule has 3 aromatic heterocycles. The van der Waals surface area contributed by atoms with Gasteiger partial charge in [-0.2, -0.15) is 14.5 Å². The first kappa shape index (κ1) is 19.6. The maximum atomic E-state index is 14.5. The minimum atomic E-state index is -1.17. The fraction of sp³-hybridized carbons (Fsp3) is 0.211. The molecule has 0 aliphatic carbocycles. The van der Waals surface area contributed by atoms with Gasteiger partial charge in [0.05, 0.1) is 19.0 Å². The molecule has 8 nitrogen and oxygen atoms in total. The predicted octanol–water partition coefficient (Wildman–Crippen LogP) is 2.45. The molecule has 0 aliphatic heterocycles. The zero-order valence-electron chi connectivity index (χ0n) is 15.9. The first-order valence-corrected chi connectivity index (χ1v) is 8.91. The highest BCUT2D eigenvalue weighted by atomic mass is 19.1. The third kappa shape index (κ3) is 3.38. The van der Waals surface area contributed by atoms with Gasteiger partial charge < -0.3 is 9.72 Å². The van der Waals surface area contributed by atoms with Gasteiger partial charge in [0.1, 0.15) is 23.7 Å². The Hall–Kier alpha value is -3.76. The normalized spacial score (nSPS) is 11.2. The van der Waals surface area contributed by atoms with E-state index < -0.39 is 28.9 Å². The molecule has 4 rings (SSSR count). The summed E-state index contributed by atoms with van der Waals surface area (Å²) in [6.07, 6.45) is 2.95. The van der Waals surface area contributed by atoms with Crippen molar-refractivity contribution in [3.63, 3.8) is 0 Å². The molecular formula is C19H15F3N6O2. The fourth-order valence-electron chi connectivity index (χ4n) is 3.03. The molecule has 0 saturated carbocycles. The van der Waals surface area contributed by atoms with E-state index in [1.165, 1.54) is 24.1 Å². The first-order chi connectivity index (χ1) is 14.4. The van der Waals surface area contributed by atoms with E-state index >= 15 is 0 Å². The van der Waals surface area contributed by atoms with Gasteiger partial charge in [0.15, 0.2) is 11.5 Å². The van der Waals surface area contributed by atoms with Crippen molar-refractivity contribution >= 4 is 5.65 Å². The van der Waals surface area contributed by atoms with Crippen molar-refractivity contribution in [2.75, 3.05) is 7.11 Å². The molecule has 30 heavy (non-hydrogen) atoms. The Balaban J connectivity index is 1.85. The maximum absolute atomic E-state index is 14.5. The lowest BCUT2D eigenvalue weighted by molar-refractivity contribution is 0.365. The van der Waals surface area contributed by atoms with Crippen LogP contribution in [0.2, 0.25) is 0 Å². The molecular weight excluding hydrogens is 401 g/mol. The van der Waals surface area contributed by atoms with Gasteiger partial charge in [-0.15, -0.1) is 0 Å². The number of hydrogen-bond donors (Lipinski definition) is 1. The molecule has 0 aliphatic rings. The number of nitrogens with zero attached hydrogens (tertiary/aromatic N) is 5. The number of aromatic amines is 1. The third-order valence-electron chi connectivity index (χ3n) is 4.55. The van der Waals surface area contributed by atoms with Crippen molar-refractivity contribution in [3.05, 3.63) is 69.3 Å². The summed E-state index contributed by atoms with van der Waals surface area (Å²) in [5, 5.41) is 4.03. The Morgan fingerprint density at radius 1 is 1.13 bits per heavy atom. The summed E-state index contributed by atoms with van der Waals surface area (Å²) in [7, 11) is 1.17. The highest BCUT2D eigenvalue weighted by Crippen LogP contribution is 2.22. The summed E-state index contributed by atoms with van der Waals surface area (Å²) in [5.74, 6) is -2.84. The molecule has 1 aromatic carbocycles. The molecule has 0 atom stereocenters. The molecule has 154 valence electrons. The second-order valence-electron chi connectivity index (χ2n) is 6.40. The van der Waals surface area contributed by atoms with Crippen molar-refractivity contribution in [2.24, 2.45) is 0 Å². The summed E-state index contributed by atoms with van der Waals surface area (Å²) in [6, 6.07) is 2.27. The smallest absolute Gasteiger partial charge is 0.291 e. The Morgan fingerprint density at radius 3 is 2.60 bits per heavy atom. The summed E-state index contributed by atoms with van der Waals surface area (Å²) in [6.45, 7) is 1.73. The Kier molecular flexibility index (Phi) is 4.94. The van der Waals surface area contributed by atoms with Crippen LogP contribution in [0.4, 0.5) is 13.2 Å². The van der Waals surface area contributed by atoms with Crippen LogP contribution in [0.25, 0.3) is 17.2 Å². The van der Waals surface area contributed by atoms with Gasteiger partial charge in [-0.25, -0.2) is 23.3 Å². The quantitative estimate of drug-likeness (QED) is 0.537. The minimum absolute atomic E-state index is 0.0788. The number of H-pyrrole nitrogens is 1. The topological polar surface area (TPSA) is 98.1 Å². The average molecular weight is 416 g/mol. The molecule has 0 amide bonds. The molecule has 0 spiro atoms. The largest absolute Gasteiger partial charge is 0.479 e. The van der Waals surface area contributed by atoms with Crippen molar-refractivity contribution in [1.82, 2.24) is 29.5 Å². The highest BCUT2D eigenvalue weighted by Gasteiger charge is 2.18. The first-order valence-electron chi connectivity index (χ1n) is 8.91. The molecule has 3 heterocycles. The van der Waals surface area contributed by atoms with Crippen LogP contribution in [-0.4, -0.2) is 36.7 Å².